The van der Waals surface area contributed by atoms with Crippen molar-refractivity contribution in [1.82, 2.24) is 9.80 Å². The van der Waals surface area contributed by atoms with Gasteiger partial charge in [-0.05, 0) is 79.9 Å². The third-order valence-electron chi connectivity index (χ3n) is 5.78. The molecule has 0 fully saturated rings. The van der Waals surface area contributed by atoms with E-state index >= 15 is 0 Å². The number of ether oxygens (including phenoxy) is 1. The van der Waals surface area contributed by atoms with E-state index in [0.29, 0.717) is 42.2 Å². The highest BCUT2D eigenvalue weighted by Crippen LogP contribution is 2.21. The van der Waals surface area contributed by atoms with Gasteiger partial charge < -0.3 is 19.9 Å². The number of amides is 2. The number of nitrogens with one attached hydrogen (secondary N) is 1. The van der Waals surface area contributed by atoms with Gasteiger partial charge in [-0.1, -0.05) is 47.5 Å². The highest BCUT2D eigenvalue weighted by Gasteiger charge is 2.24. The van der Waals surface area contributed by atoms with E-state index in [0.717, 1.165) is 28.1 Å². The summed E-state index contributed by atoms with van der Waals surface area (Å²) in [5, 5.41) is 4.74. The molecule has 0 unspecified atom stereocenters. The van der Waals surface area contributed by atoms with Crippen LogP contribution in [0.25, 0.3) is 0 Å². The van der Waals surface area contributed by atoms with Crippen molar-refractivity contribution in [2.24, 2.45) is 4.99 Å². The molecule has 1 aliphatic heterocycles. The molecule has 2 amide bonds. The largest absolute Gasteiger partial charge is 0.491 e. The van der Waals surface area contributed by atoms with Gasteiger partial charge in [0.2, 0.25) is 5.96 Å². The lowest BCUT2D eigenvalue weighted by atomic mass is 10.1. The van der Waals surface area contributed by atoms with Gasteiger partial charge in [0.05, 0.1) is 6.10 Å². The maximum absolute atomic E-state index is 13.2. The zero-order valence-corrected chi connectivity index (χ0v) is 22.2. The van der Waals surface area contributed by atoms with E-state index in [9.17, 15) is 4.79 Å². The first-order chi connectivity index (χ1) is 17.3. The van der Waals surface area contributed by atoms with Crippen molar-refractivity contribution >= 4 is 40.9 Å². The molecule has 0 bridgehead atoms. The Morgan fingerprint density at radius 2 is 1.56 bits per heavy atom. The number of hydrogen-bond donors (Lipinski definition) is 1. The smallest absolute Gasteiger partial charge is 0.347 e. The number of rotatable bonds is 7. The number of guanidine groups is 1. The Hall–Kier alpha value is -3.22. The lowest BCUT2D eigenvalue weighted by Gasteiger charge is -2.26. The van der Waals surface area contributed by atoms with Crippen LogP contribution in [0.4, 0.5) is 10.5 Å². The van der Waals surface area contributed by atoms with E-state index in [1.165, 1.54) is 0 Å². The van der Waals surface area contributed by atoms with Gasteiger partial charge >= 0.3 is 6.03 Å². The number of carbonyl (C=O) groups is 1. The van der Waals surface area contributed by atoms with Crippen LogP contribution >= 0.6 is 23.2 Å². The Balaban J connectivity index is 1.57. The zero-order valence-electron chi connectivity index (χ0n) is 20.7. The van der Waals surface area contributed by atoms with Gasteiger partial charge in [-0.25, -0.2) is 4.79 Å². The van der Waals surface area contributed by atoms with Crippen molar-refractivity contribution in [2.75, 3.05) is 18.4 Å². The van der Waals surface area contributed by atoms with Crippen LogP contribution in [0.1, 0.15) is 30.5 Å². The Kier molecular flexibility index (Phi) is 8.39. The van der Waals surface area contributed by atoms with Crippen molar-refractivity contribution in [3.8, 4) is 5.75 Å². The third kappa shape index (κ3) is 6.93. The predicted molar refractivity (Wildman–Crippen MR) is 147 cm³/mol. The first-order valence-corrected chi connectivity index (χ1v) is 12.7. The maximum Gasteiger partial charge on any atom is 0.347 e. The molecule has 1 aliphatic rings. The standard InChI is InChI=1S/C28H30Cl2N4O2/c1-19(2)36-25-11-9-24(10-12-25)31-27-32-28(35)34(18-22-6-13-26(30)20(3)16-22)15-14-33(27)17-21-4-7-23(29)8-5-21/h4-13,16,19H,14-15,17-18H2,1-3H3,(H,31,32,35). The summed E-state index contributed by atoms with van der Waals surface area (Å²) in [5.41, 5.74) is 3.89. The molecule has 36 heavy (non-hydrogen) atoms. The highest BCUT2D eigenvalue weighted by molar-refractivity contribution is 6.31. The second kappa shape index (κ2) is 11.7. The molecule has 1 N–H and O–H groups in total. The van der Waals surface area contributed by atoms with Crippen LogP contribution < -0.4 is 10.1 Å². The minimum absolute atomic E-state index is 0.0953. The fourth-order valence-corrected chi connectivity index (χ4v) is 4.18. The number of hydrogen-bond acceptors (Lipinski definition) is 4. The van der Waals surface area contributed by atoms with E-state index in [1.54, 1.807) is 4.90 Å². The molecule has 1 heterocycles. The summed E-state index contributed by atoms with van der Waals surface area (Å²) in [4.78, 5) is 21.5. The molecule has 6 nitrogen and oxygen atoms in total. The van der Waals surface area contributed by atoms with Crippen LogP contribution in [0.15, 0.2) is 71.7 Å². The molecular formula is C28H30Cl2N4O2. The fourth-order valence-electron chi connectivity index (χ4n) is 3.94. The van der Waals surface area contributed by atoms with Crippen LogP contribution in [-0.2, 0) is 13.1 Å². The van der Waals surface area contributed by atoms with Crippen LogP contribution in [0.5, 0.6) is 5.75 Å². The molecule has 0 radical (unpaired) electrons. The minimum atomic E-state index is -0.288. The molecule has 3 aromatic carbocycles. The van der Waals surface area contributed by atoms with Crippen molar-refractivity contribution < 1.29 is 9.53 Å². The van der Waals surface area contributed by atoms with Gasteiger partial charge in [0, 0.05) is 41.9 Å². The zero-order chi connectivity index (χ0) is 25.7. The summed E-state index contributed by atoms with van der Waals surface area (Å²) in [5.74, 6) is 1.29. The summed E-state index contributed by atoms with van der Waals surface area (Å²) < 4.78 is 5.74. The SMILES string of the molecule is Cc1cc(CN2CCN(Cc3ccc(Cl)cc3)C(Nc3ccc(OC(C)C)cc3)=NC2=O)ccc1Cl. The van der Waals surface area contributed by atoms with Crippen molar-refractivity contribution in [2.45, 2.75) is 40.0 Å². The van der Waals surface area contributed by atoms with Gasteiger partial charge in [-0.15, -0.1) is 0 Å². The highest BCUT2D eigenvalue weighted by atomic mass is 35.5. The van der Waals surface area contributed by atoms with E-state index in [4.69, 9.17) is 27.9 Å². The van der Waals surface area contributed by atoms with Gasteiger partial charge in [0.15, 0.2) is 0 Å². The summed E-state index contributed by atoms with van der Waals surface area (Å²) in [6, 6.07) is 20.9. The molecule has 188 valence electrons. The summed E-state index contributed by atoms with van der Waals surface area (Å²) in [7, 11) is 0. The third-order valence-corrected chi connectivity index (χ3v) is 6.45. The Bertz CT molecular complexity index is 1230. The number of aliphatic imine (C=N–C) groups is 1. The molecule has 0 atom stereocenters. The topological polar surface area (TPSA) is 57.2 Å². The normalized spacial score (nSPS) is 14.1. The molecule has 0 saturated carbocycles. The second-order valence-electron chi connectivity index (χ2n) is 9.09. The average Bonchev–Trinajstić information content (AvgIpc) is 2.97. The number of anilines is 1. The van der Waals surface area contributed by atoms with E-state index in [1.807, 2.05) is 87.5 Å². The Morgan fingerprint density at radius 1 is 0.917 bits per heavy atom. The van der Waals surface area contributed by atoms with Crippen molar-refractivity contribution in [3.05, 3.63) is 93.5 Å². The molecule has 0 spiro atoms. The minimum Gasteiger partial charge on any atom is -0.491 e. The Morgan fingerprint density at radius 3 is 2.22 bits per heavy atom. The predicted octanol–water partition coefficient (Wildman–Crippen LogP) is 6.99. The summed E-state index contributed by atoms with van der Waals surface area (Å²) in [6.45, 7) is 8.13. The lowest BCUT2D eigenvalue weighted by Crippen LogP contribution is -2.38. The quantitative estimate of drug-likeness (QED) is 0.361. The molecule has 0 saturated heterocycles. The average molecular weight is 525 g/mol. The molecular weight excluding hydrogens is 495 g/mol. The van der Waals surface area contributed by atoms with Crippen molar-refractivity contribution in [1.29, 1.82) is 0 Å². The van der Waals surface area contributed by atoms with Crippen LogP contribution in [0, 0.1) is 6.92 Å². The van der Waals surface area contributed by atoms with Crippen LogP contribution in [0.2, 0.25) is 10.0 Å². The van der Waals surface area contributed by atoms with E-state index < -0.39 is 0 Å². The molecule has 0 aromatic heterocycles. The van der Waals surface area contributed by atoms with Crippen LogP contribution in [0.3, 0.4) is 0 Å². The number of aryl methyl sites for hydroxylation is 1. The first kappa shape index (κ1) is 25.9. The monoisotopic (exact) mass is 524 g/mol. The number of nitrogens with zero attached hydrogens (tertiary/aromatic N) is 3. The Labute approximate surface area is 222 Å². The second-order valence-corrected chi connectivity index (χ2v) is 9.93. The van der Waals surface area contributed by atoms with Crippen molar-refractivity contribution in [3.63, 3.8) is 0 Å². The lowest BCUT2D eigenvalue weighted by molar-refractivity contribution is 0.204. The summed E-state index contributed by atoms with van der Waals surface area (Å²) in [6.07, 6.45) is 0.0953. The van der Waals surface area contributed by atoms with E-state index in [-0.39, 0.29) is 12.1 Å². The molecule has 3 aromatic rings. The van der Waals surface area contributed by atoms with Gasteiger partial charge in [-0.3, -0.25) is 0 Å². The molecule has 4 rings (SSSR count). The number of urea groups is 1. The van der Waals surface area contributed by atoms with E-state index in [2.05, 4.69) is 15.2 Å². The molecule has 8 heteroatoms. The first-order valence-electron chi connectivity index (χ1n) is 11.9. The number of benzene rings is 3. The fraction of sp³-hybridized carbons (Fsp3) is 0.286. The molecule has 0 aliphatic carbocycles. The van der Waals surface area contributed by atoms with Crippen LogP contribution in [-0.4, -0.2) is 41.0 Å². The summed E-state index contributed by atoms with van der Waals surface area (Å²) >= 11 is 12.3. The number of halogens is 2. The van der Waals surface area contributed by atoms with Gasteiger partial charge in [-0.2, -0.15) is 4.99 Å². The van der Waals surface area contributed by atoms with Gasteiger partial charge in [0.25, 0.3) is 0 Å². The number of carbonyl (C=O) groups excluding carboxylic acids is 1. The maximum atomic E-state index is 13.2. The van der Waals surface area contributed by atoms with Gasteiger partial charge in [0.1, 0.15) is 5.75 Å².